The van der Waals surface area contributed by atoms with Crippen LogP contribution in [0.1, 0.15) is 15.9 Å². The van der Waals surface area contributed by atoms with Gasteiger partial charge in [0.05, 0.1) is 11.1 Å². The van der Waals surface area contributed by atoms with Crippen molar-refractivity contribution < 1.29 is 19.0 Å². The van der Waals surface area contributed by atoms with Crippen molar-refractivity contribution in [2.75, 3.05) is 0 Å². The van der Waals surface area contributed by atoms with Crippen molar-refractivity contribution in [3.05, 3.63) is 35.4 Å². The van der Waals surface area contributed by atoms with Gasteiger partial charge in [0.2, 0.25) is 0 Å². The Morgan fingerprint density at radius 1 is 1.42 bits per heavy atom. The Bertz CT molecular complexity index is 346. The number of hydrogen-bond acceptors (Lipinski definition) is 3. The summed E-state index contributed by atoms with van der Waals surface area (Å²) in [7, 11) is 0. The fourth-order valence-electron chi connectivity index (χ4n) is 1.16. The number of esters is 1. The summed E-state index contributed by atoms with van der Waals surface area (Å²) in [6.45, 7) is 0. The number of carbonyl (C=O) groups is 1. The van der Waals surface area contributed by atoms with Gasteiger partial charge in [0, 0.05) is 0 Å². The number of fused-ring (bicyclic) bond motifs is 1. The van der Waals surface area contributed by atoms with Crippen LogP contribution in [0, 0.1) is 0 Å². The van der Waals surface area contributed by atoms with Crippen molar-refractivity contribution in [1.29, 1.82) is 0 Å². The van der Waals surface area contributed by atoms with Crippen molar-refractivity contribution in [3.8, 4) is 0 Å². The maximum absolute atomic E-state index is 13.0. The molecule has 1 unspecified atom stereocenters. The van der Waals surface area contributed by atoms with Gasteiger partial charge in [0.15, 0.2) is 0 Å². The number of hydrogen-bond donors (Lipinski definition) is 1. The Labute approximate surface area is 67.4 Å². The van der Waals surface area contributed by atoms with E-state index < -0.39 is 12.0 Å². The Kier molecular flexibility index (Phi) is 1.23. The number of ether oxygens (including phenoxy) is 1. The van der Waals surface area contributed by atoms with Crippen molar-refractivity contribution >= 4 is 5.97 Å². The third-order valence-electron chi connectivity index (χ3n) is 1.71. The molecule has 0 fully saturated rings. The van der Waals surface area contributed by atoms with Gasteiger partial charge in [-0.15, -0.1) is 0 Å². The van der Waals surface area contributed by atoms with Crippen LogP contribution in [0.2, 0.25) is 0 Å². The Hall–Kier alpha value is -1.42. The molecule has 1 aliphatic rings. The van der Waals surface area contributed by atoms with E-state index in [1.807, 2.05) is 0 Å². The molecular formula is C8H5FO3. The standard InChI is InChI=1S/C8H5FO3/c9-8(11)6-4-2-1-3-5(6)7(10)12-8/h1-4,11H. The molecule has 1 heterocycles. The van der Waals surface area contributed by atoms with Crippen molar-refractivity contribution in [2.24, 2.45) is 0 Å². The highest BCUT2D eigenvalue weighted by Gasteiger charge is 2.44. The van der Waals surface area contributed by atoms with Gasteiger partial charge in [-0.3, -0.25) is 0 Å². The first-order chi connectivity index (χ1) is 5.61. The number of cyclic esters (lactones) is 1. The molecule has 12 heavy (non-hydrogen) atoms. The quantitative estimate of drug-likeness (QED) is 0.586. The molecule has 0 aliphatic carbocycles. The molecule has 0 radical (unpaired) electrons. The van der Waals surface area contributed by atoms with Crippen LogP contribution in [0.3, 0.4) is 0 Å². The predicted octanol–water partition coefficient (Wildman–Crippen LogP) is 0.929. The molecule has 1 aromatic carbocycles. The second kappa shape index (κ2) is 2.04. The summed E-state index contributed by atoms with van der Waals surface area (Å²) in [5.74, 6) is -0.837. The lowest BCUT2D eigenvalue weighted by Crippen LogP contribution is -2.18. The molecule has 1 aromatic rings. The molecule has 3 nitrogen and oxygen atoms in total. The zero-order chi connectivity index (χ0) is 8.77. The lowest BCUT2D eigenvalue weighted by Gasteiger charge is -2.09. The highest BCUT2D eigenvalue weighted by Crippen LogP contribution is 2.34. The van der Waals surface area contributed by atoms with E-state index in [0.717, 1.165) is 0 Å². The summed E-state index contributed by atoms with van der Waals surface area (Å²) in [5.41, 5.74) is -0.0579. The molecule has 0 amide bonds. The number of carbonyl (C=O) groups excluding carboxylic acids is 1. The van der Waals surface area contributed by atoms with Crippen LogP contribution in [0.5, 0.6) is 0 Å². The SMILES string of the molecule is O=C1OC(O)(F)c2ccccc21. The van der Waals surface area contributed by atoms with Crippen LogP contribution >= 0.6 is 0 Å². The van der Waals surface area contributed by atoms with Crippen LogP contribution in [-0.4, -0.2) is 11.1 Å². The average Bonchev–Trinajstić information content (AvgIpc) is 2.25. The van der Waals surface area contributed by atoms with Gasteiger partial charge in [0.25, 0.3) is 0 Å². The summed E-state index contributed by atoms with van der Waals surface area (Å²) in [5, 5.41) is 8.91. The second-order valence-corrected chi connectivity index (χ2v) is 2.50. The van der Waals surface area contributed by atoms with E-state index >= 15 is 0 Å². The fourth-order valence-corrected chi connectivity index (χ4v) is 1.16. The van der Waals surface area contributed by atoms with E-state index in [2.05, 4.69) is 4.74 Å². The second-order valence-electron chi connectivity index (χ2n) is 2.50. The zero-order valence-corrected chi connectivity index (χ0v) is 5.95. The molecule has 1 N–H and O–H groups in total. The molecule has 0 saturated heterocycles. The van der Waals surface area contributed by atoms with Gasteiger partial charge in [-0.25, -0.2) is 4.79 Å². The fraction of sp³-hybridized carbons (Fsp3) is 0.125. The van der Waals surface area contributed by atoms with Gasteiger partial charge < -0.3 is 9.84 Å². The number of halogens is 1. The number of aliphatic hydroxyl groups is 1. The van der Waals surface area contributed by atoms with Crippen molar-refractivity contribution in [1.82, 2.24) is 0 Å². The van der Waals surface area contributed by atoms with E-state index in [-0.39, 0.29) is 11.1 Å². The smallest absolute Gasteiger partial charge is 0.392 e. The summed E-state index contributed by atoms with van der Waals surface area (Å²) in [6.07, 6.45) is 0. The summed E-state index contributed by atoms with van der Waals surface area (Å²) >= 11 is 0. The molecule has 0 aromatic heterocycles. The molecule has 4 heteroatoms. The molecule has 1 atom stereocenters. The van der Waals surface area contributed by atoms with Crippen LogP contribution in [0.15, 0.2) is 24.3 Å². The van der Waals surface area contributed by atoms with E-state index in [9.17, 15) is 9.18 Å². The lowest BCUT2D eigenvalue weighted by molar-refractivity contribution is -0.258. The average molecular weight is 168 g/mol. The highest BCUT2D eigenvalue weighted by molar-refractivity contribution is 5.94. The molecule has 62 valence electrons. The molecule has 0 spiro atoms. The van der Waals surface area contributed by atoms with Gasteiger partial charge in [0.1, 0.15) is 0 Å². The van der Waals surface area contributed by atoms with Crippen LogP contribution < -0.4 is 0 Å². The topological polar surface area (TPSA) is 46.5 Å². The number of benzene rings is 1. The van der Waals surface area contributed by atoms with E-state index in [4.69, 9.17) is 5.11 Å². The summed E-state index contributed by atoms with van der Waals surface area (Å²) in [6, 6.07) is 2.84. The summed E-state index contributed by atoms with van der Waals surface area (Å²) in [4.78, 5) is 10.9. The Balaban J connectivity index is 2.66. The highest BCUT2D eigenvalue weighted by atomic mass is 19.2. The minimum atomic E-state index is -2.95. The zero-order valence-electron chi connectivity index (χ0n) is 5.95. The normalized spacial score (nSPS) is 26.7. The largest absolute Gasteiger partial charge is 0.397 e. The van der Waals surface area contributed by atoms with Gasteiger partial charge in [-0.2, -0.15) is 4.39 Å². The lowest BCUT2D eigenvalue weighted by atomic mass is 10.1. The monoisotopic (exact) mass is 168 g/mol. The molecule has 1 aliphatic heterocycles. The first-order valence-electron chi connectivity index (χ1n) is 3.35. The van der Waals surface area contributed by atoms with Crippen LogP contribution in [-0.2, 0) is 10.8 Å². The van der Waals surface area contributed by atoms with Crippen molar-refractivity contribution in [2.45, 2.75) is 6.04 Å². The van der Waals surface area contributed by atoms with Gasteiger partial charge in [-0.05, 0) is 12.1 Å². The minimum absolute atomic E-state index is 0.0718. The minimum Gasteiger partial charge on any atom is -0.397 e. The molecule has 0 saturated carbocycles. The molecule has 2 rings (SSSR count). The van der Waals surface area contributed by atoms with Crippen molar-refractivity contribution in [3.63, 3.8) is 0 Å². The van der Waals surface area contributed by atoms with E-state index in [0.29, 0.717) is 0 Å². The first kappa shape index (κ1) is 7.24. The maximum Gasteiger partial charge on any atom is 0.392 e. The van der Waals surface area contributed by atoms with E-state index in [1.54, 1.807) is 6.07 Å². The Morgan fingerprint density at radius 2 is 2.08 bits per heavy atom. The van der Waals surface area contributed by atoms with Gasteiger partial charge >= 0.3 is 12.0 Å². The first-order valence-corrected chi connectivity index (χ1v) is 3.35. The maximum atomic E-state index is 13.0. The summed E-state index contributed by atoms with van der Waals surface area (Å²) < 4.78 is 17.0. The number of rotatable bonds is 0. The Morgan fingerprint density at radius 3 is 2.75 bits per heavy atom. The number of alkyl halides is 1. The molecular weight excluding hydrogens is 163 g/mol. The van der Waals surface area contributed by atoms with Crippen LogP contribution in [0.4, 0.5) is 4.39 Å². The predicted molar refractivity (Wildman–Crippen MR) is 36.9 cm³/mol. The van der Waals surface area contributed by atoms with Crippen LogP contribution in [0.25, 0.3) is 0 Å². The van der Waals surface area contributed by atoms with E-state index in [1.165, 1.54) is 18.2 Å². The third-order valence-corrected chi connectivity index (χ3v) is 1.71. The van der Waals surface area contributed by atoms with Gasteiger partial charge in [-0.1, -0.05) is 12.1 Å². The molecule has 0 bridgehead atoms. The third kappa shape index (κ3) is 0.816.